The summed E-state index contributed by atoms with van der Waals surface area (Å²) in [6, 6.07) is 20.6. The second-order valence-electron chi connectivity index (χ2n) is 10.4. The molecule has 2 unspecified atom stereocenters. The van der Waals surface area contributed by atoms with Crippen molar-refractivity contribution in [3.8, 4) is 0 Å². The molecule has 0 spiro atoms. The number of anilines is 1. The molecule has 0 bridgehead atoms. The molecule has 1 heterocycles. The fourth-order valence-electron chi connectivity index (χ4n) is 4.86. The van der Waals surface area contributed by atoms with E-state index in [-0.39, 0.29) is 24.0 Å². The van der Waals surface area contributed by atoms with E-state index in [4.69, 9.17) is 0 Å². The van der Waals surface area contributed by atoms with E-state index in [2.05, 4.69) is 21.2 Å². The zero-order valence-electron chi connectivity index (χ0n) is 23.3. The molecule has 4 rings (SSSR count). The highest BCUT2D eigenvalue weighted by Crippen LogP contribution is 2.27. The Morgan fingerprint density at radius 2 is 1.77 bits per heavy atom. The van der Waals surface area contributed by atoms with E-state index in [1.165, 1.54) is 18.2 Å². The molecule has 13 heteroatoms. The third kappa shape index (κ3) is 8.37. The molecule has 8 nitrogen and oxygen atoms in total. The highest BCUT2D eigenvalue weighted by Gasteiger charge is 2.37. The van der Waals surface area contributed by atoms with Crippen LogP contribution in [-0.2, 0) is 23.0 Å². The van der Waals surface area contributed by atoms with Crippen LogP contribution in [0.3, 0.4) is 0 Å². The van der Waals surface area contributed by atoms with E-state index >= 15 is 0 Å². The second-order valence-corrected chi connectivity index (χ2v) is 13.3. The molecular weight excluding hydrogens is 651 g/mol. The number of carbonyl (C=O) groups is 1. The van der Waals surface area contributed by atoms with Crippen molar-refractivity contribution in [3.05, 3.63) is 99.7 Å². The second kappa shape index (κ2) is 13.1. The molecule has 0 saturated carbocycles. The molecule has 0 aliphatic heterocycles. The highest BCUT2D eigenvalue weighted by atomic mass is 79.9. The van der Waals surface area contributed by atoms with Gasteiger partial charge in [-0.15, -0.1) is 0 Å². The van der Waals surface area contributed by atoms with Crippen molar-refractivity contribution in [2.75, 3.05) is 23.7 Å². The predicted octanol–water partition coefficient (Wildman–Crippen LogP) is 5.73. The summed E-state index contributed by atoms with van der Waals surface area (Å²) in [5.74, 6) is -3.15. The van der Waals surface area contributed by atoms with Crippen molar-refractivity contribution in [2.45, 2.75) is 38.2 Å². The summed E-state index contributed by atoms with van der Waals surface area (Å²) in [7, 11) is -3.61. The Kier molecular flexibility index (Phi) is 9.90. The van der Waals surface area contributed by atoms with Gasteiger partial charge < -0.3 is 20.1 Å². The first kappa shape index (κ1) is 32.5. The number of sulfonamides is 1. The predicted molar refractivity (Wildman–Crippen MR) is 163 cm³/mol. The first-order valence-electron chi connectivity index (χ1n) is 13.3. The van der Waals surface area contributed by atoms with E-state index < -0.39 is 34.0 Å². The smallest absolute Gasteiger partial charge is 0.404 e. The van der Waals surface area contributed by atoms with Crippen LogP contribution in [0.4, 0.5) is 18.9 Å². The van der Waals surface area contributed by atoms with Crippen LogP contribution in [0, 0.1) is 0 Å². The summed E-state index contributed by atoms with van der Waals surface area (Å²) in [6.45, 7) is 2.40. The van der Waals surface area contributed by atoms with Gasteiger partial charge in [0.2, 0.25) is 10.0 Å². The monoisotopic (exact) mass is 681 g/mol. The summed E-state index contributed by atoms with van der Waals surface area (Å²) in [6.07, 6.45) is -4.95. The molecule has 43 heavy (non-hydrogen) atoms. The Hall–Kier alpha value is -3.39. The van der Waals surface area contributed by atoms with Gasteiger partial charge in [0.15, 0.2) is 5.75 Å². The van der Waals surface area contributed by atoms with Gasteiger partial charge in [-0.2, -0.15) is 13.2 Å². The van der Waals surface area contributed by atoms with E-state index in [1.54, 1.807) is 16.7 Å². The number of alkyl halides is 3. The first-order valence-corrected chi connectivity index (χ1v) is 15.7. The number of carboxylic acid groups (broad SMARTS) is 1. The Morgan fingerprint density at radius 1 is 1.05 bits per heavy atom. The molecule has 4 aromatic rings. The third-order valence-electron chi connectivity index (χ3n) is 7.00. The van der Waals surface area contributed by atoms with Crippen LogP contribution < -0.4 is 9.62 Å². The van der Waals surface area contributed by atoms with Crippen molar-refractivity contribution in [2.24, 2.45) is 0 Å². The molecule has 3 aromatic carbocycles. The average molecular weight is 683 g/mol. The SMILES string of the molecule is CC(Cc1ccc2c(c1)cc(C(=O)O)n2Cc1cccc(N(C)S(=O)(=O)CC(F)(F)F)c1)NCC(O)c1cccc(Br)c1. The van der Waals surface area contributed by atoms with Crippen LogP contribution in [0.15, 0.2) is 77.3 Å². The lowest BCUT2D eigenvalue weighted by Gasteiger charge is -2.21. The van der Waals surface area contributed by atoms with Gasteiger partial charge >= 0.3 is 12.1 Å². The molecule has 2 atom stereocenters. The Bertz CT molecular complexity index is 1730. The minimum atomic E-state index is -4.89. The van der Waals surface area contributed by atoms with Crippen molar-refractivity contribution in [1.29, 1.82) is 0 Å². The van der Waals surface area contributed by atoms with E-state index in [0.29, 0.717) is 33.7 Å². The summed E-state index contributed by atoms with van der Waals surface area (Å²) >= 11 is 3.40. The van der Waals surface area contributed by atoms with Crippen molar-refractivity contribution < 1.29 is 36.6 Å². The number of fused-ring (bicyclic) bond motifs is 1. The minimum Gasteiger partial charge on any atom is -0.477 e. The third-order valence-corrected chi connectivity index (χ3v) is 9.23. The molecule has 0 aliphatic rings. The van der Waals surface area contributed by atoms with Crippen molar-refractivity contribution >= 4 is 48.5 Å². The highest BCUT2D eigenvalue weighted by molar-refractivity contribution is 9.10. The standard InChI is InChI=1S/C30H31BrF3N3O5S/c1-19(35-16-28(38)22-6-4-7-24(31)14-22)11-20-9-10-26-23(12-20)15-27(29(39)40)37(26)17-21-5-3-8-25(13-21)36(2)43(41,42)18-30(32,33)34/h3-10,12-15,19,28,35,38H,11,16-18H2,1-2H3,(H,39,40). The summed E-state index contributed by atoms with van der Waals surface area (Å²) in [5, 5.41) is 24.4. The lowest BCUT2D eigenvalue weighted by atomic mass is 10.0. The minimum absolute atomic E-state index is 0.00800. The zero-order chi connectivity index (χ0) is 31.5. The van der Waals surface area contributed by atoms with Gasteiger partial charge in [-0.3, -0.25) is 4.31 Å². The quantitative estimate of drug-likeness (QED) is 0.176. The number of aliphatic hydroxyl groups is 1. The lowest BCUT2D eigenvalue weighted by Crippen LogP contribution is -2.35. The number of carboxylic acids is 1. The van der Waals surface area contributed by atoms with Crippen LogP contribution in [0.25, 0.3) is 10.9 Å². The fourth-order valence-corrected chi connectivity index (χ4v) is 6.32. The van der Waals surface area contributed by atoms with E-state index in [9.17, 15) is 36.6 Å². The number of benzene rings is 3. The molecule has 3 N–H and O–H groups in total. The maximum atomic E-state index is 12.8. The topological polar surface area (TPSA) is 112 Å². The number of halogens is 4. The lowest BCUT2D eigenvalue weighted by molar-refractivity contribution is -0.106. The normalized spacial score (nSPS) is 13.7. The van der Waals surface area contributed by atoms with Crippen LogP contribution in [0.2, 0.25) is 0 Å². The van der Waals surface area contributed by atoms with Gasteiger partial charge in [0.25, 0.3) is 0 Å². The molecule has 0 amide bonds. The number of hydrogen-bond donors (Lipinski definition) is 3. The Morgan fingerprint density at radius 3 is 2.44 bits per heavy atom. The summed E-state index contributed by atoms with van der Waals surface area (Å²) in [5.41, 5.74) is 2.94. The Labute approximate surface area is 255 Å². The molecule has 0 fully saturated rings. The molecule has 230 valence electrons. The van der Waals surface area contributed by atoms with Crippen LogP contribution in [0.5, 0.6) is 0 Å². The molecule has 0 saturated heterocycles. The van der Waals surface area contributed by atoms with Gasteiger partial charge in [0, 0.05) is 41.6 Å². The summed E-state index contributed by atoms with van der Waals surface area (Å²) in [4.78, 5) is 12.1. The van der Waals surface area contributed by atoms with Gasteiger partial charge in [0.05, 0.1) is 11.8 Å². The molecule has 0 aliphatic carbocycles. The van der Waals surface area contributed by atoms with Crippen LogP contribution in [0.1, 0.15) is 40.2 Å². The average Bonchev–Trinajstić information content (AvgIpc) is 3.27. The fraction of sp³-hybridized carbons (Fsp3) is 0.300. The maximum Gasteiger partial charge on any atom is 0.404 e. The summed E-state index contributed by atoms with van der Waals surface area (Å²) < 4.78 is 65.9. The number of aromatic nitrogens is 1. The molecular formula is C30H31BrF3N3O5S. The zero-order valence-corrected chi connectivity index (χ0v) is 25.7. The maximum absolute atomic E-state index is 12.8. The van der Waals surface area contributed by atoms with Crippen LogP contribution in [-0.4, -0.2) is 60.7 Å². The largest absolute Gasteiger partial charge is 0.477 e. The van der Waals surface area contributed by atoms with Gasteiger partial charge in [-0.1, -0.05) is 46.3 Å². The number of nitrogens with one attached hydrogen (secondary N) is 1. The number of hydrogen-bond acceptors (Lipinski definition) is 5. The van der Waals surface area contributed by atoms with Gasteiger partial charge in [-0.25, -0.2) is 13.2 Å². The molecule has 1 aromatic heterocycles. The van der Waals surface area contributed by atoms with E-state index in [0.717, 1.165) is 22.6 Å². The van der Waals surface area contributed by atoms with Crippen molar-refractivity contribution in [1.82, 2.24) is 9.88 Å². The van der Waals surface area contributed by atoms with Crippen LogP contribution >= 0.6 is 15.9 Å². The first-order chi connectivity index (χ1) is 20.1. The van der Waals surface area contributed by atoms with E-state index in [1.807, 2.05) is 49.4 Å². The number of rotatable bonds is 12. The number of aromatic carboxylic acids is 1. The van der Waals surface area contributed by atoms with Gasteiger partial charge in [-0.05, 0) is 72.5 Å². The molecule has 0 radical (unpaired) electrons. The Balaban J connectivity index is 1.51. The van der Waals surface area contributed by atoms with Gasteiger partial charge in [0.1, 0.15) is 5.69 Å². The number of nitrogens with zero attached hydrogens (tertiary/aromatic N) is 2. The van der Waals surface area contributed by atoms with Crippen molar-refractivity contribution in [3.63, 3.8) is 0 Å². The number of aliphatic hydroxyl groups excluding tert-OH is 1.